The van der Waals surface area contributed by atoms with E-state index in [1.165, 1.54) is 13.2 Å². The van der Waals surface area contributed by atoms with Crippen molar-refractivity contribution in [3.05, 3.63) is 82.7 Å². The SMILES string of the molecule is COC(=O)Nc1ccc2c(c1)NC(=O)[C@H](C)CC[C@H](C)[C@H](N1CC(C)C(c3c(F)ccc(Cl)c3F)=CC1=O)c1cc-2ccn1. The van der Waals surface area contributed by atoms with Crippen LogP contribution < -0.4 is 10.6 Å². The summed E-state index contributed by atoms with van der Waals surface area (Å²) in [5.41, 5.74) is 3.00. The molecule has 0 saturated heterocycles. The predicted molar refractivity (Wildman–Crippen MR) is 165 cm³/mol. The van der Waals surface area contributed by atoms with Gasteiger partial charge in [-0.05, 0) is 72.2 Å². The third-order valence-electron chi connectivity index (χ3n) is 8.38. The number of carbonyl (C=O) groups is 3. The summed E-state index contributed by atoms with van der Waals surface area (Å²) >= 11 is 5.95. The molecule has 2 aliphatic heterocycles. The van der Waals surface area contributed by atoms with Crippen LogP contribution in [0.5, 0.6) is 0 Å². The van der Waals surface area contributed by atoms with Crippen molar-refractivity contribution in [1.82, 2.24) is 9.88 Å². The number of benzene rings is 2. The van der Waals surface area contributed by atoms with Crippen LogP contribution in [-0.4, -0.2) is 41.4 Å². The number of hydrogen-bond donors (Lipinski definition) is 2. The van der Waals surface area contributed by atoms with Gasteiger partial charge >= 0.3 is 6.09 Å². The third-order valence-corrected chi connectivity index (χ3v) is 8.67. The zero-order valence-corrected chi connectivity index (χ0v) is 25.5. The molecule has 5 rings (SSSR count). The Morgan fingerprint density at radius 3 is 2.59 bits per heavy atom. The number of amides is 3. The van der Waals surface area contributed by atoms with E-state index >= 15 is 0 Å². The van der Waals surface area contributed by atoms with Gasteiger partial charge in [-0.3, -0.25) is 19.9 Å². The fraction of sp³-hybridized carbons (Fsp3) is 0.333. The summed E-state index contributed by atoms with van der Waals surface area (Å²) < 4.78 is 34.4. The Morgan fingerprint density at radius 1 is 1.07 bits per heavy atom. The normalized spacial score (nSPS) is 22.2. The number of anilines is 2. The molecule has 3 aromatic rings. The Kier molecular flexibility index (Phi) is 9.01. The number of hydrogen-bond acceptors (Lipinski definition) is 5. The van der Waals surface area contributed by atoms with Crippen molar-refractivity contribution in [2.24, 2.45) is 17.8 Å². The summed E-state index contributed by atoms with van der Waals surface area (Å²) in [7, 11) is 1.26. The van der Waals surface area contributed by atoms with Gasteiger partial charge in [0.25, 0.3) is 0 Å². The molecule has 0 saturated carbocycles. The number of pyridine rings is 1. The first kappa shape index (κ1) is 31.1. The average molecular weight is 623 g/mol. The van der Waals surface area contributed by atoms with E-state index in [0.29, 0.717) is 35.5 Å². The minimum absolute atomic E-state index is 0.107. The molecule has 2 aromatic carbocycles. The van der Waals surface area contributed by atoms with Gasteiger partial charge in [0.1, 0.15) is 5.82 Å². The molecular weight excluding hydrogens is 590 g/mol. The lowest BCUT2D eigenvalue weighted by molar-refractivity contribution is -0.131. The summed E-state index contributed by atoms with van der Waals surface area (Å²) in [5, 5.41) is 5.41. The Bertz CT molecular complexity index is 1660. The minimum atomic E-state index is -0.893. The van der Waals surface area contributed by atoms with E-state index in [1.54, 1.807) is 29.3 Å². The monoisotopic (exact) mass is 622 g/mol. The first-order valence-corrected chi connectivity index (χ1v) is 14.8. The van der Waals surface area contributed by atoms with E-state index in [-0.39, 0.29) is 40.4 Å². The van der Waals surface area contributed by atoms with E-state index in [9.17, 15) is 23.2 Å². The maximum Gasteiger partial charge on any atom is 0.411 e. The lowest BCUT2D eigenvalue weighted by Gasteiger charge is -2.40. The Morgan fingerprint density at radius 2 is 1.84 bits per heavy atom. The topological polar surface area (TPSA) is 101 Å². The highest BCUT2D eigenvalue weighted by atomic mass is 35.5. The van der Waals surface area contributed by atoms with Gasteiger partial charge in [-0.25, -0.2) is 13.6 Å². The molecule has 1 unspecified atom stereocenters. The fourth-order valence-electron chi connectivity index (χ4n) is 5.94. The van der Waals surface area contributed by atoms with Crippen LogP contribution in [0.25, 0.3) is 16.7 Å². The Labute approximate surface area is 259 Å². The number of nitrogens with one attached hydrogen (secondary N) is 2. The quantitative estimate of drug-likeness (QED) is 0.295. The molecule has 3 amide bonds. The molecule has 11 heteroatoms. The molecule has 8 nitrogen and oxygen atoms in total. The molecule has 0 spiro atoms. The molecule has 44 heavy (non-hydrogen) atoms. The number of halogens is 3. The zero-order valence-electron chi connectivity index (χ0n) is 24.8. The maximum atomic E-state index is 14.9. The molecular formula is C33H33ClF2N4O4. The molecule has 0 aliphatic carbocycles. The molecule has 0 radical (unpaired) electrons. The molecule has 4 atom stereocenters. The van der Waals surface area contributed by atoms with Crippen LogP contribution in [0.4, 0.5) is 25.0 Å². The number of carbonyl (C=O) groups excluding carboxylic acids is 3. The number of nitrogens with zero attached hydrogens (tertiary/aromatic N) is 2. The van der Waals surface area contributed by atoms with E-state index in [2.05, 4.69) is 15.6 Å². The predicted octanol–water partition coefficient (Wildman–Crippen LogP) is 7.47. The van der Waals surface area contributed by atoms with Gasteiger partial charge in [0.05, 0.1) is 35.1 Å². The second-order valence-corrected chi connectivity index (χ2v) is 11.9. The lowest BCUT2D eigenvalue weighted by atomic mass is 9.84. The van der Waals surface area contributed by atoms with Gasteiger partial charge < -0.3 is 15.0 Å². The summed E-state index contributed by atoms with van der Waals surface area (Å²) in [6, 6.07) is 10.6. The standard InChI is InChI=1S/C33H33ClF2N4O4/c1-17-5-6-18(2)32(42)39-26-14-21(38-33(43)44-4)7-8-22(26)20-11-12-37-27(13-20)31(17)40-16-19(3)23(15-28(40)41)29-25(35)10-9-24(34)30(29)36/h7-15,17-19,31H,5-6,16H2,1-4H3,(H,38,43)(H,39,42)/t17-,18+,19?,31-/m0/s1. The summed E-state index contributed by atoms with van der Waals surface area (Å²) in [5.74, 6) is -3.11. The highest BCUT2D eigenvalue weighted by molar-refractivity contribution is 6.31. The second kappa shape index (κ2) is 12.7. The highest BCUT2D eigenvalue weighted by Crippen LogP contribution is 2.41. The van der Waals surface area contributed by atoms with Crippen LogP contribution >= 0.6 is 11.6 Å². The first-order chi connectivity index (χ1) is 21.0. The third kappa shape index (κ3) is 6.17. The Hall–Kier alpha value is -4.31. The van der Waals surface area contributed by atoms with Gasteiger partial charge in [-0.1, -0.05) is 38.4 Å². The van der Waals surface area contributed by atoms with Crippen LogP contribution in [0.2, 0.25) is 5.02 Å². The van der Waals surface area contributed by atoms with E-state index in [1.807, 2.05) is 32.9 Å². The van der Waals surface area contributed by atoms with Gasteiger partial charge in [0.2, 0.25) is 11.8 Å². The number of aromatic nitrogens is 1. The van der Waals surface area contributed by atoms with Crippen molar-refractivity contribution in [3.63, 3.8) is 0 Å². The largest absolute Gasteiger partial charge is 0.453 e. The van der Waals surface area contributed by atoms with Gasteiger partial charge in [0.15, 0.2) is 5.82 Å². The minimum Gasteiger partial charge on any atom is -0.453 e. The summed E-state index contributed by atoms with van der Waals surface area (Å²) in [4.78, 5) is 45.2. The highest BCUT2D eigenvalue weighted by Gasteiger charge is 2.37. The molecule has 230 valence electrons. The first-order valence-electron chi connectivity index (χ1n) is 14.4. The number of ether oxygens (including phenoxy) is 1. The van der Waals surface area contributed by atoms with Crippen LogP contribution in [0.1, 0.15) is 50.9 Å². The van der Waals surface area contributed by atoms with Crippen LogP contribution in [0.15, 0.2) is 54.7 Å². The summed E-state index contributed by atoms with van der Waals surface area (Å²) in [6.45, 7) is 5.87. The van der Waals surface area contributed by atoms with Crippen molar-refractivity contribution in [2.45, 2.75) is 39.7 Å². The van der Waals surface area contributed by atoms with Crippen LogP contribution in [0, 0.1) is 29.4 Å². The maximum absolute atomic E-state index is 14.9. The average Bonchev–Trinajstić information content (AvgIpc) is 3.00. The zero-order chi connectivity index (χ0) is 31.7. The van der Waals surface area contributed by atoms with Crippen LogP contribution in [0.3, 0.4) is 0 Å². The lowest BCUT2D eigenvalue weighted by Crippen LogP contribution is -2.43. The number of fused-ring (bicyclic) bond motifs is 4. The molecule has 1 aromatic heterocycles. The van der Waals surface area contributed by atoms with E-state index in [4.69, 9.17) is 16.3 Å². The van der Waals surface area contributed by atoms with Crippen molar-refractivity contribution < 1.29 is 27.9 Å². The van der Waals surface area contributed by atoms with E-state index < -0.39 is 35.6 Å². The molecule has 2 aliphatic rings. The fourth-order valence-corrected chi connectivity index (χ4v) is 6.10. The number of rotatable bonds is 3. The number of methoxy groups -OCH3 is 1. The summed E-state index contributed by atoms with van der Waals surface area (Å²) in [6.07, 6.45) is 3.45. The van der Waals surface area contributed by atoms with Crippen molar-refractivity contribution in [1.29, 1.82) is 0 Å². The van der Waals surface area contributed by atoms with E-state index in [0.717, 1.165) is 17.7 Å². The Balaban J connectivity index is 1.58. The smallest absolute Gasteiger partial charge is 0.411 e. The van der Waals surface area contributed by atoms with Crippen molar-refractivity contribution in [2.75, 3.05) is 24.3 Å². The second-order valence-electron chi connectivity index (χ2n) is 11.4. The van der Waals surface area contributed by atoms with Gasteiger partial charge in [0, 0.05) is 36.0 Å². The molecule has 2 bridgehead atoms. The van der Waals surface area contributed by atoms with Crippen molar-refractivity contribution in [3.8, 4) is 11.1 Å². The van der Waals surface area contributed by atoms with Gasteiger partial charge in [-0.15, -0.1) is 0 Å². The molecule has 2 N–H and O–H groups in total. The van der Waals surface area contributed by atoms with Gasteiger partial charge in [-0.2, -0.15) is 0 Å². The molecule has 3 heterocycles. The van der Waals surface area contributed by atoms with Crippen LogP contribution in [-0.2, 0) is 14.3 Å². The van der Waals surface area contributed by atoms with Crippen molar-refractivity contribution >= 4 is 46.5 Å². The molecule has 0 fully saturated rings.